The van der Waals surface area contributed by atoms with Crippen LogP contribution in [0.3, 0.4) is 0 Å². The first-order valence-corrected chi connectivity index (χ1v) is 10.9. The van der Waals surface area contributed by atoms with E-state index in [0.29, 0.717) is 0 Å². The van der Waals surface area contributed by atoms with Crippen LogP contribution in [0.4, 0.5) is 0 Å². The van der Waals surface area contributed by atoms with E-state index in [1.807, 2.05) is 12.1 Å². The lowest BCUT2D eigenvalue weighted by Gasteiger charge is -2.10. The second-order valence-electron chi connectivity index (χ2n) is 8.20. The molecule has 0 N–H and O–H groups in total. The minimum Gasteiger partial charge on any atom is -0.456 e. The van der Waals surface area contributed by atoms with Crippen molar-refractivity contribution in [1.29, 1.82) is 0 Å². The zero-order valence-corrected chi connectivity index (χ0v) is 17.3. The largest absolute Gasteiger partial charge is 0.456 e. The van der Waals surface area contributed by atoms with Crippen molar-refractivity contribution in [3.8, 4) is 16.8 Å². The van der Waals surface area contributed by atoms with Crippen LogP contribution in [0.25, 0.3) is 60.6 Å². The molecule has 0 saturated carbocycles. The second kappa shape index (κ2) is 6.60. The summed E-state index contributed by atoms with van der Waals surface area (Å²) in [6.07, 6.45) is 0. The molecule has 2 nitrogen and oxygen atoms in total. The van der Waals surface area contributed by atoms with Crippen LogP contribution >= 0.6 is 0 Å². The minimum absolute atomic E-state index is 0.913. The Bertz CT molecular complexity index is 1770. The SMILES string of the molecule is c1ccc(-c2ccc3c(c2)c2ccccc2n3-c2cccc3oc4ccccc4c23)cc1. The van der Waals surface area contributed by atoms with Gasteiger partial charge in [0.25, 0.3) is 0 Å². The molecule has 5 aromatic carbocycles. The number of nitrogens with zero attached hydrogens (tertiary/aromatic N) is 1. The van der Waals surface area contributed by atoms with Crippen molar-refractivity contribution in [2.75, 3.05) is 0 Å². The first-order chi connectivity index (χ1) is 15.9. The van der Waals surface area contributed by atoms with Gasteiger partial charge in [0.1, 0.15) is 11.2 Å². The maximum atomic E-state index is 6.18. The average Bonchev–Trinajstić information content (AvgIpc) is 3.40. The van der Waals surface area contributed by atoms with E-state index in [9.17, 15) is 0 Å². The van der Waals surface area contributed by atoms with Crippen molar-refractivity contribution < 1.29 is 4.42 Å². The smallest absolute Gasteiger partial charge is 0.137 e. The molecule has 0 atom stereocenters. The molecule has 2 heteroatoms. The molecule has 32 heavy (non-hydrogen) atoms. The molecule has 7 aromatic rings. The van der Waals surface area contributed by atoms with Crippen LogP contribution in [0.5, 0.6) is 0 Å². The van der Waals surface area contributed by atoms with Gasteiger partial charge in [-0.25, -0.2) is 0 Å². The number of fused-ring (bicyclic) bond motifs is 6. The first-order valence-electron chi connectivity index (χ1n) is 10.9. The van der Waals surface area contributed by atoms with E-state index in [0.717, 1.165) is 27.6 Å². The number of benzene rings is 5. The minimum atomic E-state index is 0.913. The molecule has 0 fully saturated rings. The van der Waals surface area contributed by atoms with E-state index in [-0.39, 0.29) is 0 Å². The summed E-state index contributed by atoms with van der Waals surface area (Å²) in [4.78, 5) is 0. The van der Waals surface area contributed by atoms with Crippen LogP contribution < -0.4 is 0 Å². The van der Waals surface area contributed by atoms with Crippen molar-refractivity contribution in [3.63, 3.8) is 0 Å². The first kappa shape index (κ1) is 17.4. The molecule has 0 radical (unpaired) electrons. The molecule has 0 aliphatic rings. The van der Waals surface area contributed by atoms with E-state index < -0.39 is 0 Å². The van der Waals surface area contributed by atoms with Crippen molar-refractivity contribution in [1.82, 2.24) is 4.57 Å². The summed E-state index contributed by atoms with van der Waals surface area (Å²) in [6, 6.07) is 40.6. The van der Waals surface area contributed by atoms with Crippen LogP contribution in [0.15, 0.2) is 120 Å². The van der Waals surface area contributed by atoms with Gasteiger partial charge in [-0.05, 0) is 47.5 Å². The number of rotatable bonds is 2. The van der Waals surface area contributed by atoms with E-state index in [1.54, 1.807) is 0 Å². The summed E-state index contributed by atoms with van der Waals surface area (Å²) in [5, 5.41) is 4.81. The third kappa shape index (κ3) is 2.41. The van der Waals surface area contributed by atoms with E-state index >= 15 is 0 Å². The molecule has 150 valence electrons. The predicted molar refractivity (Wildman–Crippen MR) is 133 cm³/mol. The fourth-order valence-electron chi connectivity index (χ4n) is 4.98. The summed E-state index contributed by atoms with van der Waals surface area (Å²) in [5.74, 6) is 0. The highest BCUT2D eigenvalue weighted by Gasteiger charge is 2.17. The lowest BCUT2D eigenvalue weighted by molar-refractivity contribution is 0.669. The summed E-state index contributed by atoms with van der Waals surface area (Å²) >= 11 is 0. The Kier molecular flexibility index (Phi) is 3.58. The molecule has 0 spiro atoms. The number of hydrogen-bond donors (Lipinski definition) is 0. The Morgan fingerprint density at radius 3 is 2.09 bits per heavy atom. The van der Waals surface area contributed by atoms with Gasteiger partial charge in [0.15, 0.2) is 0 Å². The molecule has 0 unspecified atom stereocenters. The average molecular weight is 409 g/mol. The van der Waals surface area contributed by atoms with Crippen LogP contribution in [-0.4, -0.2) is 4.57 Å². The zero-order chi connectivity index (χ0) is 21.1. The zero-order valence-electron chi connectivity index (χ0n) is 17.3. The Hall–Kier alpha value is -4.30. The number of aromatic nitrogens is 1. The van der Waals surface area contributed by atoms with Crippen molar-refractivity contribution in [3.05, 3.63) is 115 Å². The third-order valence-corrected chi connectivity index (χ3v) is 6.40. The Morgan fingerprint density at radius 2 is 1.19 bits per heavy atom. The quantitative estimate of drug-likeness (QED) is 0.280. The highest BCUT2D eigenvalue weighted by molar-refractivity contribution is 6.14. The fourth-order valence-corrected chi connectivity index (χ4v) is 4.98. The van der Waals surface area contributed by atoms with Crippen LogP contribution in [-0.2, 0) is 0 Å². The second-order valence-corrected chi connectivity index (χ2v) is 8.20. The maximum absolute atomic E-state index is 6.18. The van der Waals surface area contributed by atoms with Gasteiger partial charge in [-0.3, -0.25) is 0 Å². The monoisotopic (exact) mass is 409 g/mol. The van der Waals surface area contributed by atoms with Gasteiger partial charge < -0.3 is 8.98 Å². The van der Waals surface area contributed by atoms with Gasteiger partial charge in [0.05, 0.1) is 22.1 Å². The van der Waals surface area contributed by atoms with E-state index in [2.05, 4.69) is 108 Å². The van der Waals surface area contributed by atoms with Crippen LogP contribution in [0, 0.1) is 0 Å². The summed E-state index contributed by atoms with van der Waals surface area (Å²) in [5.41, 5.74) is 7.83. The summed E-state index contributed by atoms with van der Waals surface area (Å²) < 4.78 is 8.56. The summed E-state index contributed by atoms with van der Waals surface area (Å²) in [6.45, 7) is 0. The van der Waals surface area contributed by atoms with Gasteiger partial charge >= 0.3 is 0 Å². The number of para-hydroxylation sites is 2. The third-order valence-electron chi connectivity index (χ3n) is 6.40. The van der Waals surface area contributed by atoms with Gasteiger partial charge in [0.2, 0.25) is 0 Å². The number of furan rings is 1. The molecule has 0 aliphatic heterocycles. The molecule has 2 aromatic heterocycles. The van der Waals surface area contributed by atoms with Gasteiger partial charge in [-0.1, -0.05) is 78.9 Å². The topological polar surface area (TPSA) is 18.1 Å². The van der Waals surface area contributed by atoms with Crippen LogP contribution in [0.2, 0.25) is 0 Å². The molecule has 0 amide bonds. The van der Waals surface area contributed by atoms with Crippen LogP contribution in [0.1, 0.15) is 0 Å². The van der Waals surface area contributed by atoms with Gasteiger partial charge in [-0.15, -0.1) is 0 Å². The van der Waals surface area contributed by atoms with Crippen molar-refractivity contribution in [2.24, 2.45) is 0 Å². The van der Waals surface area contributed by atoms with E-state index in [4.69, 9.17) is 4.42 Å². The molecular weight excluding hydrogens is 390 g/mol. The molecule has 2 heterocycles. The van der Waals surface area contributed by atoms with Gasteiger partial charge in [0, 0.05) is 16.2 Å². The van der Waals surface area contributed by atoms with Gasteiger partial charge in [-0.2, -0.15) is 0 Å². The standard InChI is InChI=1S/C30H19NO/c1-2-9-20(10-3-1)21-17-18-26-24(19-21)22-11-4-6-13-25(22)31(26)27-14-8-16-29-30(27)23-12-5-7-15-28(23)32-29/h1-19H. The van der Waals surface area contributed by atoms with Crippen molar-refractivity contribution >= 4 is 43.7 Å². The van der Waals surface area contributed by atoms with E-state index in [1.165, 1.54) is 32.9 Å². The lowest BCUT2D eigenvalue weighted by atomic mass is 10.0. The highest BCUT2D eigenvalue weighted by atomic mass is 16.3. The molecule has 7 rings (SSSR count). The molecule has 0 saturated heterocycles. The fraction of sp³-hybridized carbons (Fsp3) is 0. The maximum Gasteiger partial charge on any atom is 0.137 e. The predicted octanol–water partition coefficient (Wildman–Crippen LogP) is 8.35. The number of hydrogen-bond acceptors (Lipinski definition) is 1. The Balaban J connectivity index is 1.61. The molecule has 0 aliphatic carbocycles. The Labute approximate surface area is 184 Å². The summed E-state index contributed by atoms with van der Waals surface area (Å²) in [7, 11) is 0. The highest BCUT2D eigenvalue weighted by Crippen LogP contribution is 2.39. The normalized spacial score (nSPS) is 11.8. The van der Waals surface area contributed by atoms with Crippen molar-refractivity contribution in [2.45, 2.75) is 0 Å². The lowest BCUT2D eigenvalue weighted by Crippen LogP contribution is -1.94. The molecule has 0 bridgehead atoms. The molecular formula is C30H19NO. The Morgan fingerprint density at radius 1 is 0.469 bits per heavy atom.